The van der Waals surface area contributed by atoms with E-state index in [1.165, 1.54) is 12.8 Å². The van der Waals surface area contributed by atoms with Gasteiger partial charge in [0.1, 0.15) is 4.90 Å². The summed E-state index contributed by atoms with van der Waals surface area (Å²) in [6.45, 7) is 2.08. The molecule has 110 valence electrons. The summed E-state index contributed by atoms with van der Waals surface area (Å²) in [5.74, 6) is 0. The van der Waals surface area contributed by atoms with Crippen molar-refractivity contribution in [3.63, 3.8) is 0 Å². The first-order chi connectivity index (χ1) is 9.58. The molecule has 1 aromatic rings. The number of nitrogens with two attached hydrogens (primary N) is 1. The van der Waals surface area contributed by atoms with Crippen molar-refractivity contribution in [1.82, 2.24) is 9.62 Å². The van der Waals surface area contributed by atoms with Gasteiger partial charge in [-0.15, -0.1) is 0 Å². The van der Waals surface area contributed by atoms with Gasteiger partial charge in [-0.05, 0) is 37.9 Å². The van der Waals surface area contributed by atoms with Gasteiger partial charge >= 0.3 is 0 Å². The number of anilines is 1. The largest absolute Gasteiger partial charge is 0.398 e. The van der Waals surface area contributed by atoms with Crippen LogP contribution in [0.5, 0.6) is 0 Å². The maximum atomic E-state index is 12.5. The molecule has 3 N–H and O–H groups in total. The van der Waals surface area contributed by atoms with Crippen LogP contribution in [0, 0.1) is 0 Å². The molecule has 0 saturated carbocycles. The van der Waals surface area contributed by atoms with Gasteiger partial charge < -0.3 is 5.73 Å². The number of para-hydroxylation sites is 1. The average molecular weight is 295 g/mol. The molecule has 5 nitrogen and oxygen atoms in total. The second-order valence-electron chi connectivity index (χ2n) is 5.65. The lowest BCUT2D eigenvalue weighted by Gasteiger charge is -2.32. The summed E-state index contributed by atoms with van der Waals surface area (Å²) in [5, 5.41) is 0. The van der Waals surface area contributed by atoms with Crippen molar-refractivity contribution in [3.8, 4) is 0 Å². The van der Waals surface area contributed by atoms with Crippen molar-refractivity contribution in [2.75, 3.05) is 18.8 Å². The first-order valence-electron chi connectivity index (χ1n) is 7.19. The van der Waals surface area contributed by atoms with Crippen LogP contribution in [-0.4, -0.2) is 38.5 Å². The molecule has 2 atom stereocenters. The van der Waals surface area contributed by atoms with Crippen LogP contribution in [0.15, 0.2) is 29.2 Å². The fraction of sp³-hybridized carbons (Fsp3) is 0.571. The van der Waals surface area contributed by atoms with Gasteiger partial charge in [0.2, 0.25) is 10.0 Å². The summed E-state index contributed by atoms with van der Waals surface area (Å²) in [5.41, 5.74) is 6.09. The number of hydrogen-bond donors (Lipinski definition) is 2. The van der Waals surface area contributed by atoms with E-state index in [9.17, 15) is 8.42 Å². The number of benzene rings is 1. The van der Waals surface area contributed by atoms with Crippen LogP contribution in [0.1, 0.15) is 25.7 Å². The van der Waals surface area contributed by atoms with E-state index in [4.69, 9.17) is 5.73 Å². The van der Waals surface area contributed by atoms with Gasteiger partial charge in [-0.25, -0.2) is 13.1 Å². The molecule has 2 saturated heterocycles. The zero-order valence-electron chi connectivity index (χ0n) is 11.5. The second kappa shape index (κ2) is 5.35. The SMILES string of the molecule is Nc1ccccc1S(=O)(=O)NC1CCN2CCCCC12. The zero-order chi connectivity index (χ0) is 14.2. The third kappa shape index (κ3) is 2.55. The quantitative estimate of drug-likeness (QED) is 0.821. The van der Waals surface area contributed by atoms with Crippen LogP contribution < -0.4 is 10.5 Å². The first-order valence-corrected chi connectivity index (χ1v) is 8.67. The molecule has 0 aromatic heterocycles. The maximum Gasteiger partial charge on any atom is 0.242 e. The van der Waals surface area contributed by atoms with Gasteiger partial charge in [0, 0.05) is 18.6 Å². The fourth-order valence-electron chi connectivity index (χ4n) is 3.37. The number of fused-ring (bicyclic) bond motifs is 1. The number of nitrogens with zero attached hydrogens (tertiary/aromatic N) is 1. The van der Waals surface area contributed by atoms with Crippen molar-refractivity contribution < 1.29 is 8.42 Å². The molecule has 3 rings (SSSR count). The van der Waals surface area contributed by atoms with E-state index in [-0.39, 0.29) is 10.9 Å². The molecule has 0 bridgehead atoms. The Morgan fingerprint density at radius 1 is 1.15 bits per heavy atom. The normalized spacial score (nSPS) is 27.4. The van der Waals surface area contributed by atoms with Gasteiger partial charge in [0.15, 0.2) is 0 Å². The number of nitrogen functional groups attached to an aromatic ring is 1. The van der Waals surface area contributed by atoms with Crippen LogP contribution in [0.3, 0.4) is 0 Å². The van der Waals surface area contributed by atoms with E-state index in [0.717, 1.165) is 25.9 Å². The fourth-order valence-corrected chi connectivity index (χ4v) is 4.81. The Hall–Kier alpha value is -1.11. The molecule has 20 heavy (non-hydrogen) atoms. The summed E-state index contributed by atoms with van der Waals surface area (Å²) in [6.07, 6.45) is 4.38. The van der Waals surface area contributed by atoms with E-state index < -0.39 is 10.0 Å². The van der Waals surface area contributed by atoms with Crippen LogP contribution in [0.2, 0.25) is 0 Å². The summed E-state index contributed by atoms with van der Waals surface area (Å²) >= 11 is 0. The van der Waals surface area contributed by atoms with E-state index in [0.29, 0.717) is 11.7 Å². The van der Waals surface area contributed by atoms with Gasteiger partial charge in [-0.2, -0.15) is 0 Å². The van der Waals surface area contributed by atoms with E-state index in [1.807, 2.05) is 0 Å². The molecule has 0 aliphatic carbocycles. The van der Waals surface area contributed by atoms with Crippen LogP contribution >= 0.6 is 0 Å². The third-order valence-corrected chi connectivity index (χ3v) is 5.93. The van der Waals surface area contributed by atoms with Crippen molar-refractivity contribution in [2.24, 2.45) is 0 Å². The highest BCUT2D eigenvalue weighted by Gasteiger charge is 2.37. The summed E-state index contributed by atoms with van der Waals surface area (Å²) in [4.78, 5) is 2.60. The Bertz CT molecular complexity index is 588. The van der Waals surface area contributed by atoms with E-state index >= 15 is 0 Å². The van der Waals surface area contributed by atoms with Gasteiger partial charge in [0.05, 0.1) is 5.69 Å². The lowest BCUT2D eigenvalue weighted by Crippen LogP contribution is -2.46. The molecule has 6 heteroatoms. The molecule has 2 unspecified atom stereocenters. The number of rotatable bonds is 3. The first kappa shape index (κ1) is 13.9. The van der Waals surface area contributed by atoms with Crippen LogP contribution in [-0.2, 0) is 10.0 Å². The standard InChI is InChI=1S/C14H21N3O2S/c15-11-5-1-2-7-14(11)20(18,19)16-12-8-10-17-9-4-3-6-13(12)17/h1-2,5,7,12-13,16H,3-4,6,8-10,15H2. The third-order valence-electron chi connectivity index (χ3n) is 4.37. The van der Waals surface area contributed by atoms with Crippen molar-refractivity contribution in [1.29, 1.82) is 0 Å². The molecule has 0 spiro atoms. The molecule has 2 heterocycles. The van der Waals surface area contributed by atoms with E-state index in [1.54, 1.807) is 24.3 Å². The Morgan fingerprint density at radius 3 is 2.75 bits per heavy atom. The van der Waals surface area contributed by atoms with Crippen molar-refractivity contribution >= 4 is 15.7 Å². The maximum absolute atomic E-state index is 12.5. The summed E-state index contributed by atoms with van der Waals surface area (Å²) < 4.78 is 27.8. The smallest absolute Gasteiger partial charge is 0.242 e. The Balaban J connectivity index is 1.79. The zero-order valence-corrected chi connectivity index (χ0v) is 12.3. The average Bonchev–Trinajstić information content (AvgIpc) is 2.82. The molecule has 0 amide bonds. The topological polar surface area (TPSA) is 75.4 Å². The van der Waals surface area contributed by atoms with Gasteiger partial charge in [0.25, 0.3) is 0 Å². The van der Waals surface area contributed by atoms with Crippen LogP contribution in [0.4, 0.5) is 5.69 Å². The Kier molecular flexibility index (Phi) is 3.70. The number of hydrogen-bond acceptors (Lipinski definition) is 4. The Morgan fingerprint density at radius 2 is 1.95 bits per heavy atom. The number of nitrogens with one attached hydrogen (secondary N) is 1. The van der Waals surface area contributed by atoms with Gasteiger partial charge in [-0.3, -0.25) is 4.90 Å². The molecule has 0 radical (unpaired) electrons. The molecular weight excluding hydrogens is 274 g/mol. The molecule has 1 aromatic carbocycles. The minimum Gasteiger partial charge on any atom is -0.398 e. The summed E-state index contributed by atoms with van der Waals surface area (Å²) in [6, 6.07) is 6.99. The lowest BCUT2D eigenvalue weighted by atomic mass is 10.00. The van der Waals surface area contributed by atoms with E-state index in [2.05, 4.69) is 9.62 Å². The summed E-state index contributed by atoms with van der Waals surface area (Å²) in [7, 11) is -3.53. The van der Waals surface area contributed by atoms with Crippen LogP contribution in [0.25, 0.3) is 0 Å². The lowest BCUT2D eigenvalue weighted by molar-refractivity contribution is 0.186. The number of piperidine rings is 1. The Labute approximate surface area is 120 Å². The molecule has 2 aliphatic heterocycles. The van der Waals surface area contributed by atoms with Crippen molar-refractivity contribution in [2.45, 2.75) is 42.7 Å². The molecule has 2 aliphatic rings. The second-order valence-corrected chi connectivity index (χ2v) is 7.34. The highest BCUT2D eigenvalue weighted by Crippen LogP contribution is 2.28. The van der Waals surface area contributed by atoms with Crippen molar-refractivity contribution in [3.05, 3.63) is 24.3 Å². The highest BCUT2D eigenvalue weighted by atomic mass is 32.2. The monoisotopic (exact) mass is 295 g/mol. The number of sulfonamides is 1. The van der Waals surface area contributed by atoms with Gasteiger partial charge in [-0.1, -0.05) is 18.6 Å². The predicted octanol–water partition coefficient (Wildman–Crippen LogP) is 1.17. The minimum absolute atomic E-state index is 0.0138. The molecule has 2 fully saturated rings. The predicted molar refractivity (Wildman–Crippen MR) is 78.8 cm³/mol. The highest BCUT2D eigenvalue weighted by molar-refractivity contribution is 7.89. The molecular formula is C14H21N3O2S. The minimum atomic E-state index is -3.53.